The van der Waals surface area contributed by atoms with E-state index < -0.39 is 0 Å². The number of hydrogen-bond acceptors (Lipinski definition) is 5. The van der Waals surface area contributed by atoms with Crippen LogP contribution in [0.3, 0.4) is 0 Å². The molecule has 1 aromatic heterocycles. The summed E-state index contributed by atoms with van der Waals surface area (Å²) in [6.07, 6.45) is 2.90. The molecule has 1 aromatic carbocycles. The lowest BCUT2D eigenvalue weighted by Gasteiger charge is -2.33. The number of carbonyl (C=O) groups is 2. The first-order valence-corrected chi connectivity index (χ1v) is 10.9. The lowest BCUT2D eigenvalue weighted by atomic mass is 9.78. The third-order valence-electron chi connectivity index (χ3n) is 5.51. The number of allylic oxidation sites excluding steroid dienone is 3. The molecule has 1 aliphatic heterocycles. The Labute approximate surface area is 175 Å². The van der Waals surface area contributed by atoms with E-state index in [1.165, 1.54) is 4.88 Å². The molecule has 0 bridgehead atoms. The van der Waals surface area contributed by atoms with Gasteiger partial charge < -0.3 is 10.1 Å². The smallest absolute Gasteiger partial charge is 0.336 e. The van der Waals surface area contributed by atoms with E-state index in [0.29, 0.717) is 25.0 Å². The number of Topliss-reactive ketones (excluding diaryl/α,β-unsaturated/α-hetero) is 1. The van der Waals surface area contributed by atoms with E-state index in [2.05, 4.69) is 5.32 Å². The van der Waals surface area contributed by atoms with Crippen molar-refractivity contribution >= 4 is 23.1 Å². The molecule has 0 spiro atoms. The second kappa shape index (κ2) is 8.37. The lowest BCUT2D eigenvalue weighted by molar-refractivity contribution is -0.139. The summed E-state index contributed by atoms with van der Waals surface area (Å²) in [6, 6.07) is 14.1. The van der Waals surface area contributed by atoms with Gasteiger partial charge in [0.25, 0.3) is 0 Å². The van der Waals surface area contributed by atoms with E-state index in [-0.39, 0.29) is 17.7 Å². The highest BCUT2D eigenvalue weighted by molar-refractivity contribution is 7.12. The number of benzene rings is 1. The first-order chi connectivity index (χ1) is 14.0. The summed E-state index contributed by atoms with van der Waals surface area (Å²) >= 11 is 1.64. The van der Waals surface area contributed by atoms with Crippen LogP contribution >= 0.6 is 11.3 Å². The molecule has 29 heavy (non-hydrogen) atoms. The molecule has 0 radical (unpaired) electrons. The maximum atomic E-state index is 13.1. The Kier molecular flexibility index (Phi) is 5.67. The van der Waals surface area contributed by atoms with E-state index in [1.807, 2.05) is 56.3 Å². The monoisotopic (exact) mass is 407 g/mol. The highest BCUT2D eigenvalue weighted by Crippen LogP contribution is 2.44. The number of carbonyl (C=O) groups excluding carboxylic acids is 2. The Morgan fingerprint density at radius 2 is 1.93 bits per heavy atom. The zero-order chi connectivity index (χ0) is 20.4. The van der Waals surface area contributed by atoms with Crippen LogP contribution < -0.4 is 5.32 Å². The highest BCUT2D eigenvalue weighted by atomic mass is 32.1. The molecule has 0 unspecified atom stereocenters. The lowest BCUT2D eigenvalue weighted by Crippen LogP contribution is -2.34. The second-order valence-corrected chi connectivity index (χ2v) is 8.91. The molecular formula is C24H25NO3S. The fourth-order valence-corrected chi connectivity index (χ4v) is 5.13. The van der Waals surface area contributed by atoms with E-state index in [1.54, 1.807) is 11.3 Å². The van der Waals surface area contributed by atoms with Gasteiger partial charge in [-0.05, 0) is 44.4 Å². The van der Waals surface area contributed by atoms with Gasteiger partial charge in [0.2, 0.25) is 0 Å². The normalized spacial score (nSPS) is 19.1. The van der Waals surface area contributed by atoms with Gasteiger partial charge in [-0.1, -0.05) is 30.3 Å². The minimum Gasteiger partial charge on any atom is -0.462 e. The molecule has 1 N–H and O–H groups in total. The molecule has 0 saturated carbocycles. The molecule has 2 aromatic rings. The number of nitrogens with one attached hydrogen (secondary N) is 1. The predicted octanol–water partition coefficient (Wildman–Crippen LogP) is 4.81. The van der Waals surface area contributed by atoms with Gasteiger partial charge in [-0.25, -0.2) is 4.79 Å². The zero-order valence-corrected chi connectivity index (χ0v) is 17.6. The number of ether oxygens (including phenoxy) is 1. The van der Waals surface area contributed by atoms with E-state index in [4.69, 9.17) is 4.74 Å². The van der Waals surface area contributed by atoms with E-state index in [0.717, 1.165) is 40.2 Å². The molecule has 150 valence electrons. The standard InChI is InChI=1S/C24H25NO3S/c1-15-11-12-20(29-15)23-21(16(2)25-18-9-6-10-19(26)22(18)23)24(27)28-14-13-17-7-4-3-5-8-17/h3-5,7-8,11-12,23,25H,6,9-10,13-14H2,1-2H3/t23-/m1/s1. The van der Waals surface area contributed by atoms with Crippen molar-refractivity contribution in [3.63, 3.8) is 0 Å². The van der Waals surface area contributed by atoms with Crippen molar-refractivity contribution < 1.29 is 14.3 Å². The van der Waals surface area contributed by atoms with Crippen LogP contribution in [0.4, 0.5) is 0 Å². The van der Waals surface area contributed by atoms with Crippen LogP contribution in [0.15, 0.2) is 65.0 Å². The third-order valence-corrected chi connectivity index (χ3v) is 6.57. The maximum Gasteiger partial charge on any atom is 0.336 e. The van der Waals surface area contributed by atoms with Crippen molar-refractivity contribution in [3.8, 4) is 0 Å². The summed E-state index contributed by atoms with van der Waals surface area (Å²) in [7, 11) is 0. The summed E-state index contributed by atoms with van der Waals surface area (Å²) in [6.45, 7) is 4.27. The van der Waals surface area contributed by atoms with Gasteiger partial charge in [-0.15, -0.1) is 11.3 Å². The van der Waals surface area contributed by atoms with E-state index >= 15 is 0 Å². The summed E-state index contributed by atoms with van der Waals surface area (Å²) in [4.78, 5) is 28.1. The molecule has 0 amide bonds. The van der Waals surface area contributed by atoms with Crippen LogP contribution in [0.5, 0.6) is 0 Å². The fraction of sp³-hybridized carbons (Fsp3) is 0.333. The summed E-state index contributed by atoms with van der Waals surface area (Å²) in [5.74, 6) is -0.536. The highest BCUT2D eigenvalue weighted by Gasteiger charge is 2.39. The molecule has 4 nitrogen and oxygen atoms in total. The Morgan fingerprint density at radius 3 is 2.66 bits per heavy atom. The van der Waals surface area contributed by atoms with Crippen molar-refractivity contribution in [2.45, 2.75) is 45.4 Å². The fourth-order valence-electron chi connectivity index (χ4n) is 4.13. The Hall–Kier alpha value is -2.66. The molecule has 1 aliphatic carbocycles. The van der Waals surface area contributed by atoms with Gasteiger partial charge in [-0.2, -0.15) is 0 Å². The number of ketones is 1. The van der Waals surface area contributed by atoms with Crippen LogP contribution in [-0.2, 0) is 20.7 Å². The SMILES string of the molecule is CC1=C(C(=O)OCCc2ccccc2)[C@@H](c2ccc(C)s2)C2=C(CCCC2=O)N1. The third kappa shape index (κ3) is 4.06. The quantitative estimate of drug-likeness (QED) is 0.723. The number of thiophene rings is 1. The zero-order valence-electron chi connectivity index (χ0n) is 16.8. The second-order valence-electron chi connectivity index (χ2n) is 7.59. The van der Waals surface area contributed by atoms with Crippen LogP contribution in [0, 0.1) is 6.92 Å². The minimum atomic E-state index is -0.341. The number of rotatable bonds is 5. The molecular weight excluding hydrogens is 382 g/mol. The molecule has 0 saturated heterocycles. The van der Waals surface area contributed by atoms with Gasteiger partial charge in [0.15, 0.2) is 5.78 Å². The van der Waals surface area contributed by atoms with Gasteiger partial charge >= 0.3 is 5.97 Å². The maximum absolute atomic E-state index is 13.1. The van der Waals surface area contributed by atoms with Crippen LogP contribution in [0.1, 0.15) is 47.4 Å². The number of esters is 1. The summed E-state index contributed by atoms with van der Waals surface area (Å²) in [5.41, 5.74) is 4.20. The molecule has 5 heteroatoms. The number of dihydropyridines is 1. The first kappa shape index (κ1) is 19.6. The molecule has 1 atom stereocenters. The Morgan fingerprint density at radius 1 is 1.14 bits per heavy atom. The van der Waals surface area contributed by atoms with Gasteiger partial charge in [0.05, 0.1) is 18.1 Å². The summed E-state index contributed by atoms with van der Waals surface area (Å²) in [5, 5.41) is 3.34. The molecule has 4 rings (SSSR count). The Balaban J connectivity index is 1.61. The number of aryl methyl sites for hydroxylation is 1. The molecule has 2 heterocycles. The molecule has 0 fully saturated rings. The van der Waals surface area contributed by atoms with E-state index in [9.17, 15) is 9.59 Å². The van der Waals surface area contributed by atoms with Crippen molar-refractivity contribution in [2.24, 2.45) is 0 Å². The van der Waals surface area contributed by atoms with Crippen LogP contribution in [-0.4, -0.2) is 18.4 Å². The van der Waals surface area contributed by atoms with Crippen LogP contribution in [0.25, 0.3) is 0 Å². The Bertz CT molecular complexity index is 1000. The van der Waals surface area contributed by atoms with Crippen molar-refractivity contribution in [2.75, 3.05) is 6.61 Å². The number of hydrogen-bond donors (Lipinski definition) is 1. The topological polar surface area (TPSA) is 55.4 Å². The van der Waals surface area contributed by atoms with Crippen LogP contribution in [0.2, 0.25) is 0 Å². The first-order valence-electron chi connectivity index (χ1n) is 10.1. The summed E-state index contributed by atoms with van der Waals surface area (Å²) < 4.78 is 5.66. The largest absolute Gasteiger partial charge is 0.462 e. The average molecular weight is 408 g/mol. The van der Waals surface area contributed by atoms with Crippen molar-refractivity contribution in [1.82, 2.24) is 5.32 Å². The minimum absolute atomic E-state index is 0.136. The van der Waals surface area contributed by atoms with Crippen molar-refractivity contribution in [3.05, 3.63) is 80.3 Å². The molecule has 2 aliphatic rings. The average Bonchev–Trinajstić information content (AvgIpc) is 3.14. The van der Waals surface area contributed by atoms with Gasteiger partial charge in [0.1, 0.15) is 0 Å². The van der Waals surface area contributed by atoms with Crippen molar-refractivity contribution in [1.29, 1.82) is 0 Å². The van der Waals surface area contributed by atoms with Gasteiger partial charge in [-0.3, -0.25) is 4.79 Å². The predicted molar refractivity (Wildman–Crippen MR) is 115 cm³/mol. The van der Waals surface area contributed by atoms with Gasteiger partial charge in [0, 0.05) is 39.6 Å².